The van der Waals surface area contributed by atoms with Crippen LogP contribution in [0.5, 0.6) is 0 Å². The zero-order valence-corrected chi connectivity index (χ0v) is 13.3. The van der Waals surface area contributed by atoms with Crippen LogP contribution in [0.2, 0.25) is 0 Å². The molecule has 116 valence electrons. The highest BCUT2D eigenvalue weighted by Gasteiger charge is 2.45. The molecule has 4 heteroatoms. The van der Waals surface area contributed by atoms with Crippen molar-refractivity contribution in [2.24, 2.45) is 0 Å². The summed E-state index contributed by atoms with van der Waals surface area (Å²) in [5.74, 6) is 0. The third-order valence-corrected chi connectivity index (χ3v) is 3.76. The van der Waals surface area contributed by atoms with Crippen molar-refractivity contribution in [3.8, 4) is 0 Å². The minimum absolute atomic E-state index is 0.332. The summed E-state index contributed by atoms with van der Waals surface area (Å²) >= 11 is 0. The Balaban J connectivity index is 2.17. The summed E-state index contributed by atoms with van der Waals surface area (Å²) in [6.07, 6.45) is 0.439. The maximum absolute atomic E-state index is 12.4. The number of carbonyl (C=O) groups is 1. The second-order valence-corrected chi connectivity index (χ2v) is 7.11. The zero-order valence-electron chi connectivity index (χ0n) is 13.3. The number of rotatable bonds is 2. The van der Waals surface area contributed by atoms with E-state index in [9.17, 15) is 9.90 Å². The molecule has 4 nitrogen and oxygen atoms in total. The van der Waals surface area contributed by atoms with Crippen LogP contribution in [0.1, 0.15) is 39.7 Å². The van der Waals surface area contributed by atoms with Crippen molar-refractivity contribution in [2.45, 2.75) is 57.8 Å². The van der Waals surface area contributed by atoms with E-state index in [1.54, 1.807) is 4.90 Å². The van der Waals surface area contributed by atoms with Crippen LogP contribution < -0.4 is 0 Å². The summed E-state index contributed by atoms with van der Waals surface area (Å²) in [5.41, 5.74) is 0.212. The summed E-state index contributed by atoms with van der Waals surface area (Å²) in [5, 5.41) is 10.0. The maximum atomic E-state index is 12.4. The molecule has 1 aromatic rings. The molecular weight excluding hydrogens is 266 g/mol. The van der Waals surface area contributed by atoms with Crippen LogP contribution in [0.3, 0.4) is 0 Å². The van der Waals surface area contributed by atoms with Crippen LogP contribution >= 0.6 is 0 Å². The lowest BCUT2D eigenvalue weighted by Gasteiger charge is -2.36. The van der Waals surface area contributed by atoms with Gasteiger partial charge >= 0.3 is 6.09 Å². The first-order valence-electron chi connectivity index (χ1n) is 7.42. The van der Waals surface area contributed by atoms with Gasteiger partial charge < -0.3 is 9.84 Å². The minimum atomic E-state index is -0.529. The predicted molar refractivity (Wildman–Crippen MR) is 82.1 cm³/mol. The van der Waals surface area contributed by atoms with E-state index in [0.717, 1.165) is 5.56 Å². The van der Waals surface area contributed by atoms with Crippen molar-refractivity contribution < 1.29 is 14.6 Å². The van der Waals surface area contributed by atoms with E-state index >= 15 is 0 Å². The van der Waals surface area contributed by atoms with Crippen molar-refractivity contribution in [1.29, 1.82) is 0 Å². The van der Waals surface area contributed by atoms with Gasteiger partial charge in [-0.15, -0.1) is 0 Å². The predicted octanol–water partition coefficient (Wildman–Crippen LogP) is 2.99. The molecule has 0 unspecified atom stereocenters. The van der Waals surface area contributed by atoms with E-state index in [1.165, 1.54) is 0 Å². The van der Waals surface area contributed by atoms with E-state index in [-0.39, 0.29) is 6.09 Å². The molecule has 0 saturated carbocycles. The molecule has 1 fully saturated rings. The number of hydrogen-bond donors (Lipinski definition) is 1. The highest BCUT2D eigenvalue weighted by Crippen LogP contribution is 2.33. The largest absolute Gasteiger partial charge is 0.444 e. The molecule has 1 saturated heterocycles. The number of amides is 1. The Labute approximate surface area is 126 Å². The molecule has 2 atom stereocenters. The molecule has 0 aliphatic carbocycles. The Morgan fingerprint density at radius 2 is 2.00 bits per heavy atom. The summed E-state index contributed by atoms with van der Waals surface area (Å²) in [6, 6.07) is 10.0. The first-order chi connectivity index (χ1) is 9.70. The standard InChI is InChI=1S/C17H25NO3/c1-16(2,3)21-15(20)18-12-14(19)11-17(18,4)10-13-8-6-5-7-9-13/h5-9,14,19H,10-12H2,1-4H3/t14-,17+/m0/s1. The number of hydrogen-bond acceptors (Lipinski definition) is 3. The van der Waals surface area contributed by atoms with Crippen LogP contribution in [0.25, 0.3) is 0 Å². The van der Waals surface area contributed by atoms with E-state index in [0.29, 0.717) is 19.4 Å². The van der Waals surface area contributed by atoms with E-state index in [1.807, 2.05) is 58.0 Å². The number of aliphatic hydroxyl groups is 1. The number of carbonyl (C=O) groups excluding carboxylic acids is 1. The molecule has 0 radical (unpaired) electrons. The summed E-state index contributed by atoms with van der Waals surface area (Å²) in [7, 11) is 0. The van der Waals surface area contributed by atoms with E-state index < -0.39 is 17.2 Å². The topological polar surface area (TPSA) is 49.8 Å². The van der Waals surface area contributed by atoms with E-state index in [4.69, 9.17) is 4.74 Å². The van der Waals surface area contributed by atoms with Gasteiger partial charge in [-0.2, -0.15) is 0 Å². The number of ether oxygens (including phenoxy) is 1. The molecule has 1 aromatic carbocycles. The number of aliphatic hydroxyl groups excluding tert-OH is 1. The summed E-state index contributed by atoms with van der Waals surface area (Å²) in [6.45, 7) is 7.90. The van der Waals surface area contributed by atoms with E-state index in [2.05, 4.69) is 0 Å². The maximum Gasteiger partial charge on any atom is 0.410 e. The fourth-order valence-electron chi connectivity index (χ4n) is 2.93. The third kappa shape index (κ3) is 3.97. The molecule has 0 spiro atoms. The molecule has 2 rings (SSSR count). The molecule has 0 aromatic heterocycles. The molecule has 1 heterocycles. The molecule has 1 aliphatic rings. The minimum Gasteiger partial charge on any atom is -0.444 e. The number of benzene rings is 1. The van der Waals surface area contributed by atoms with Gasteiger partial charge in [0.1, 0.15) is 5.60 Å². The Morgan fingerprint density at radius 3 is 2.57 bits per heavy atom. The van der Waals surface area contributed by atoms with Gasteiger partial charge in [0.2, 0.25) is 0 Å². The van der Waals surface area contributed by atoms with Gasteiger partial charge in [0, 0.05) is 0 Å². The Kier molecular flexibility index (Phi) is 4.28. The number of β-amino-alcohol motifs (C(OH)–C–C–N with tert-alkyl or cyclic N) is 1. The smallest absolute Gasteiger partial charge is 0.410 e. The molecule has 0 bridgehead atoms. The molecular formula is C17H25NO3. The molecule has 1 aliphatic heterocycles. The van der Waals surface area contributed by atoms with Gasteiger partial charge in [0.05, 0.1) is 18.2 Å². The second-order valence-electron chi connectivity index (χ2n) is 7.11. The normalized spacial score (nSPS) is 26.0. The van der Waals surface area contributed by atoms with Crippen LogP contribution in [0.4, 0.5) is 4.79 Å². The highest BCUT2D eigenvalue weighted by atomic mass is 16.6. The van der Waals surface area contributed by atoms with Gasteiger partial charge in [-0.3, -0.25) is 4.90 Å². The third-order valence-electron chi connectivity index (χ3n) is 3.76. The van der Waals surface area contributed by atoms with Crippen molar-refractivity contribution in [1.82, 2.24) is 4.90 Å². The van der Waals surface area contributed by atoms with Crippen molar-refractivity contribution in [2.75, 3.05) is 6.54 Å². The highest BCUT2D eigenvalue weighted by molar-refractivity contribution is 5.70. The quantitative estimate of drug-likeness (QED) is 0.911. The van der Waals surface area contributed by atoms with Crippen molar-refractivity contribution >= 4 is 6.09 Å². The fourth-order valence-corrected chi connectivity index (χ4v) is 2.93. The van der Waals surface area contributed by atoms with Gasteiger partial charge in [-0.1, -0.05) is 30.3 Å². The van der Waals surface area contributed by atoms with Crippen molar-refractivity contribution in [3.63, 3.8) is 0 Å². The molecule has 1 N–H and O–H groups in total. The molecule has 21 heavy (non-hydrogen) atoms. The summed E-state index contributed by atoms with van der Waals surface area (Å²) < 4.78 is 5.48. The average Bonchev–Trinajstić information content (AvgIpc) is 2.63. The van der Waals surface area contributed by atoms with Crippen molar-refractivity contribution in [3.05, 3.63) is 35.9 Å². The lowest BCUT2D eigenvalue weighted by molar-refractivity contribution is 0.00986. The fraction of sp³-hybridized carbons (Fsp3) is 0.588. The number of likely N-dealkylation sites (tertiary alicyclic amines) is 1. The first kappa shape index (κ1) is 15.8. The second kappa shape index (κ2) is 5.68. The Bertz CT molecular complexity index is 495. The summed E-state index contributed by atoms with van der Waals surface area (Å²) in [4.78, 5) is 14.1. The van der Waals surface area contributed by atoms with Gasteiger partial charge in [-0.05, 0) is 46.1 Å². The Morgan fingerprint density at radius 1 is 1.38 bits per heavy atom. The monoisotopic (exact) mass is 291 g/mol. The average molecular weight is 291 g/mol. The SMILES string of the molecule is CC(C)(C)OC(=O)N1C[C@@H](O)C[C@@]1(C)Cc1ccccc1. The van der Waals surface area contributed by atoms with Crippen LogP contribution in [-0.4, -0.2) is 39.9 Å². The lowest BCUT2D eigenvalue weighted by Crippen LogP contribution is -2.48. The zero-order chi connectivity index (χ0) is 15.7. The van der Waals surface area contributed by atoms with Crippen LogP contribution in [0.15, 0.2) is 30.3 Å². The first-order valence-corrected chi connectivity index (χ1v) is 7.42. The van der Waals surface area contributed by atoms with Gasteiger partial charge in [0.25, 0.3) is 0 Å². The van der Waals surface area contributed by atoms with Gasteiger partial charge in [-0.25, -0.2) is 4.79 Å². The van der Waals surface area contributed by atoms with Crippen LogP contribution in [-0.2, 0) is 11.2 Å². The van der Waals surface area contributed by atoms with Crippen LogP contribution in [0, 0.1) is 0 Å². The lowest BCUT2D eigenvalue weighted by atomic mass is 9.90. The molecule has 1 amide bonds. The van der Waals surface area contributed by atoms with Gasteiger partial charge in [0.15, 0.2) is 0 Å². The Hall–Kier alpha value is -1.55. The number of nitrogens with zero attached hydrogens (tertiary/aromatic N) is 1.